The molecule has 166 valence electrons. The number of aryl methyl sites for hydroxylation is 2. The fraction of sp³-hybridized carbons (Fsp3) is 0.250. The maximum absolute atomic E-state index is 13.6. The molecule has 0 unspecified atom stereocenters. The standard InChI is InChI=1S/C24H20N4O5/c1-13-8-9-17(14(2)11-13)26-23(30)19-18-7-4-10-25-27(18)21(20(19)24(26)31)22(29)15-5-3-6-16(12-15)28(32)33/h3-12,18-21H,1-2H3/t18-,19-,20-,21-/m0/s1. The average Bonchev–Trinajstić information content (AvgIpc) is 3.27. The molecule has 0 N–H and O–H groups in total. The van der Waals surface area contributed by atoms with Gasteiger partial charge in [-0.1, -0.05) is 35.9 Å². The largest absolute Gasteiger partial charge is 0.292 e. The van der Waals surface area contributed by atoms with E-state index in [2.05, 4.69) is 5.10 Å². The van der Waals surface area contributed by atoms with E-state index in [0.717, 1.165) is 11.1 Å². The summed E-state index contributed by atoms with van der Waals surface area (Å²) in [6, 6.07) is 9.26. The number of nitro benzene ring substituents is 1. The third-order valence-electron chi connectivity index (χ3n) is 6.49. The third kappa shape index (κ3) is 3.07. The molecular formula is C24H20N4O5. The first kappa shape index (κ1) is 20.7. The van der Waals surface area contributed by atoms with Crippen LogP contribution in [0.25, 0.3) is 0 Å². The lowest BCUT2D eigenvalue weighted by atomic mass is 9.86. The number of allylic oxidation sites excluding steroid dienone is 1. The first-order valence-corrected chi connectivity index (χ1v) is 10.5. The van der Waals surface area contributed by atoms with Crippen molar-refractivity contribution in [2.45, 2.75) is 25.9 Å². The summed E-state index contributed by atoms with van der Waals surface area (Å²) < 4.78 is 0. The highest BCUT2D eigenvalue weighted by atomic mass is 16.6. The second-order valence-electron chi connectivity index (χ2n) is 8.49. The molecule has 3 aliphatic rings. The highest BCUT2D eigenvalue weighted by molar-refractivity contribution is 6.25. The zero-order chi connectivity index (χ0) is 23.4. The smallest absolute Gasteiger partial charge is 0.270 e. The van der Waals surface area contributed by atoms with Crippen LogP contribution in [-0.2, 0) is 9.59 Å². The number of benzene rings is 2. The van der Waals surface area contributed by atoms with E-state index in [0.29, 0.717) is 5.69 Å². The van der Waals surface area contributed by atoms with E-state index < -0.39 is 40.5 Å². The number of non-ortho nitro benzene ring substituents is 1. The zero-order valence-corrected chi connectivity index (χ0v) is 17.9. The maximum Gasteiger partial charge on any atom is 0.270 e. The number of imide groups is 1. The van der Waals surface area contributed by atoms with Gasteiger partial charge in [0.05, 0.1) is 28.5 Å². The third-order valence-corrected chi connectivity index (χ3v) is 6.49. The van der Waals surface area contributed by atoms with Crippen molar-refractivity contribution in [1.82, 2.24) is 5.01 Å². The molecule has 0 spiro atoms. The number of carbonyl (C=O) groups is 3. The molecule has 2 aromatic carbocycles. The molecular weight excluding hydrogens is 424 g/mol. The van der Waals surface area contributed by atoms with Gasteiger partial charge in [-0.3, -0.25) is 29.5 Å². The number of ketones is 1. The van der Waals surface area contributed by atoms with E-state index in [1.807, 2.05) is 26.0 Å². The number of nitro groups is 1. The van der Waals surface area contributed by atoms with Crippen LogP contribution >= 0.6 is 0 Å². The number of rotatable bonds is 4. The van der Waals surface area contributed by atoms with Crippen LogP contribution in [0.1, 0.15) is 21.5 Å². The molecule has 0 saturated carbocycles. The van der Waals surface area contributed by atoms with Crippen molar-refractivity contribution in [3.63, 3.8) is 0 Å². The summed E-state index contributed by atoms with van der Waals surface area (Å²) in [4.78, 5) is 52.6. The first-order chi connectivity index (χ1) is 15.8. The second kappa shape index (κ2) is 7.47. The number of amides is 2. The van der Waals surface area contributed by atoms with Crippen LogP contribution in [0.2, 0.25) is 0 Å². The number of anilines is 1. The lowest BCUT2D eigenvalue weighted by molar-refractivity contribution is -0.384. The molecule has 4 atom stereocenters. The normalized spacial score (nSPS) is 25.4. The van der Waals surface area contributed by atoms with E-state index in [-0.39, 0.29) is 17.2 Å². The molecule has 3 aliphatic heterocycles. The Hall–Kier alpha value is -4.14. The van der Waals surface area contributed by atoms with E-state index in [1.54, 1.807) is 18.2 Å². The van der Waals surface area contributed by atoms with Crippen LogP contribution in [-0.4, -0.2) is 45.8 Å². The highest BCUT2D eigenvalue weighted by Crippen LogP contribution is 2.46. The fourth-order valence-corrected chi connectivity index (χ4v) is 5.07. The molecule has 5 rings (SSSR count). The van der Waals surface area contributed by atoms with E-state index in [1.165, 1.54) is 40.4 Å². The van der Waals surface area contributed by atoms with Gasteiger partial charge in [0.25, 0.3) is 5.69 Å². The molecule has 0 radical (unpaired) electrons. The Morgan fingerprint density at radius 1 is 1.06 bits per heavy atom. The van der Waals surface area contributed by atoms with Crippen LogP contribution < -0.4 is 4.90 Å². The minimum absolute atomic E-state index is 0.101. The van der Waals surface area contributed by atoms with Crippen LogP contribution in [0.3, 0.4) is 0 Å². The van der Waals surface area contributed by atoms with Crippen molar-refractivity contribution in [1.29, 1.82) is 0 Å². The minimum Gasteiger partial charge on any atom is -0.292 e. The van der Waals surface area contributed by atoms with Gasteiger partial charge in [0, 0.05) is 23.9 Å². The summed E-state index contributed by atoms with van der Waals surface area (Å²) in [7, 11) is 0. The predicted molar refractivity (Wildman–Crippen MR) is 120 cm³/mol. The van der Waals surface area contributed by atoms with Gasteiger partial charge in [0.2, 0.25) is 11.8 Å². The van der Waals surface area contributed by atoms with Gasteiger partial charge in [-0.15, -0.1) is 0 Å². The topological polar surface area (TPSA) is 113 Å². The summed E-state index contributed by atoms with van der Waals surface area (Å²) in [6.07, 6.45) is 4.96. The minimum atomic E-state index is -1.05. The summed E-state index contributed by atoms with van der Waals surface area (Å²) in [5.41, 5.74) is 2.17. The van der Waals surface area contributed by atoms with Crippen molar-refractivity contribution in [3.8, 4) is 0 Å². The number of hydrogen-bond donors (Lipinski definition) is 0. The molecule has 3 heterocycles. The maximum atomic E-state index is 13.6. The van der Waals surface area contributed by atoms with Crippen molar-refractivity contribution in [3.05, 3.63) is 81.4 Å². The monoisotopic (exact) mass is 444 g/mol. The Labute approximate surface area is 189 Å². The van der Waals surface area contributed by atoms with Gasteiger partial charge in [-0.05, 0) is 31.6 Å². The zero-order valence-electron chi connectivity index (χ0n) is 17.9. The Kier molecular flexibility index (Phi) is 4.70. The summed E-state index contributed by atoms with van der Waals surface area (Å²) in [6.45, 7) is 3.76. The molecule has 9 heteroatoms. The van der Waals surface area contributed by atoms with E-state index >= 15 is 0 Å². The van der Waals surface area contributed by atoms with Gasteiger partial charge in [-0.2, -0.15) is 5.10 Å². The number of Topliss-reactive ketones (excluding diaryl/α,β-unsaturated/α-hetero) is 1. The molecule has 2 aromatic rings. The van der Waals surface area contributed by atoms with Crippen molar-refractivity contribution in [2.75, 3.05) is 4.90 Å². The second-order valence-corrected chi connectivity index (χ2v) is 8.49. The number of hydrogen-bond acceptors (Lipinski definition) is 7. The Morgan fingerprint density at radius 2 is 1.82 bits per heavy atom. The van der Waals surface area contributed by atoms with Crippen LogP contribution in [0.5, 0.6) is 0 Å². The Balaban J connectivity index is 1.59. The van der Waals surface area contributed by atoms with Gasteiger partial charge in [0.1, 0.15) is 6.04 Å². The molecule has 2 amide bonds. The number of fused-ring (bicyclic) bond motifs is 3. The molecule has 2 fully saturated rings. The molecule has 0 aliphatic carbocycles. The van der Waals surface area contributed by atoms with Crippen LogP contribution in [0, 0.1) is 35.8 Å². The van der Waals surface area contributed by atoms with Crippen molar-refractivity contribution in [2.24, 2.45) is 16.9 Å². The first-order valence-electron chi connectivity index (χ1n) is 10.5. The molecule has 2 saturated heterocycles. The lowest BCUT2D eigenvalue weighted by Crippen LogP contribution is -2.46. The number of nitrogens with zero attached hydrogens (tertiary/aromatic N) is 4. The fourth-order valence-electron chi connectivity index (χ4n) is 5.07. The molecule has 9 nitrogen and oxygen atoms in total. The number of hydrazone groups is 1. The predicted octanol–water partition coefficient (Wildman–Crippen LogP) is 2.81. The average molecular weight is 444 g/mol. The quantitative estimate of drug-likeness (QED) is 0.310. The summed E-state index contributed by atoms with van der Waals surface area (Å²) in [5.74, 6) is -3.04. The Bertz CT molecular complexity index is 1280. The van der Waals surface area contributed by atoms with Crippen molar-refractivity contribution >= 4 is 35.2 Å². The van der Waals surface area contributed by atoms with Gasteiger partial charge in [0.15, 0.2) is 5.78 Å². The van der Waals surface area contributed by atoms with Gasteiger partial charge < -0.3 is 0 Å². The Morgan fingerprint density at radius 3 is 2.55 bits per heavy atom. The van der Waals surface area contributed by atoms with Crippen LogP contribution in [0.15, 0.2) is 59.7 Å². The molecule has 33 heavy (non-hydrogen) atoms. The summed E-state index contributed by atoms with van der Waals surface area (Å²) >= 11 is 0. The van der Waals surface area contributed by atoms with Crippen LogP contribution in [0.4, 0.5) is 11.4 Å². The molecule has 0 aromatic heterocycles. The number of carbonyl (C=O) groups excluding carboxylic acids is 3. The van der Waals surface area contributed by atoms with E-state index in [4.69, 9.17) is 0 Å². The van der Waals surface area contributed by atoms with Gasteiger partial charge >= 0.3 is 0 Å². The van der Waals surface area contributed by atoms with Crippen molar-refractivity contribution < 1.29 is 19.3 Å². The molecule has 0 bridgehead atoms. The highest BCUT2D eigenvalue weighted by Gasteiger charge is 2.64. The van der Waals surface area contributed by atoms with Gasteiger partial charge in [-0.25, -0.2) is 4.90 Å². The van der Waals surface area contributed by atoms with E-state index in [9.17, 15) is 24.5 Å². The summed E-state index contributed by atoms with van der Waals surface area (Å²) in [5, 5.41) is 17.0. The lowest BCUT2D eigenvalue weighted by Gasteiger charge is -2.30. The SMILES string of the molecule is Cc1ccc(N2C(=O)[C@@H]3[C@H](C2=O)[C@@H](C(=O)c2cccc([N+](=O)[O-])c2)N2N=CC=C[C@@H]32)c(C)c1.